The zero-order valence-electron chi connectivity index (χ0n) is 14.8. The Morgan fingerprint density at radius 1 is 1.15 bits per heavy atom. The molecule has 0 aliphatic rings. The zero-order chi connectivity index (χ0) is 19.6. The number of hydrogen-bond acceptors (Lipinski definition) is 5. The molecule has 1 aromatic carbocycles. The molecule has 0 spiro atoms. The van der Waals surface area contributed by atoms with Crippen LogP contribution >= 0.6 is 22.9 Å². The third-order valence-electron chi connectivity index (χ3n) is 3.92. The van der Waals surface area contributed by atoms with Gasteiger partial charge in [-0.05, 0) is 62.4 Å². The molecule has 0 radical (unpaired) electrons. The Kier molecular flexibility index (Phi) is 5.88. The minimum atomic E-state index is -4.35. The first-order valence-corrected chi connectivity index (χ1v) is 9.47. The van der Waals surface area contributed by atoms with Gasteiger partial charge in [0.2, 0.25) is 5.28 Å². The number of anilines is 1. The second-order valence-corrected chi connectivity index (χ2v) is 7.72. The Morgan fingerprint density at radius 2 is 1.85 bits per heavy atom. The Balaban J connectivity index is 1.87. The monoisotopic (exact) mass is 414 g/mol. The molecule has 0 saturated heterocycles. The van der Waals surface area contributed by atoms with Crippen LogP contribution in [-0.2, 0) is 6.18 Å². The molecule has 3 aromatic rings. The highest BCUT2D eigenvalue weighted by molar-refractivity contribution is 7.22. The first-order chi connectivity index (χ1) is 12.7. The molecule has 0 unspecified atom stereocenters. The smallest absolute Gasteiger partial charge is 0.369 e. The van der Waals surface area contributed by atoms with E-state index in [1.54, 1.807) is 0 Å². The predicted molar refractivity (Wildman–Crippen MR) is 105 cm³/mol. The lowest BCUT2D eigenvalue weighted by molar-refractivity contribution is -0.137. The van der Waals surface area contributed by atoms with Crippen LogP contribution in [-0.4, -0.2) is 42.1 Å². The summed E-state index contributed by atoms with van der Waals surface area (Å²) in [5.41, 5.74) is 0.698. The molecule has 0 atom stereocenters. The molecule has 0 amide bonds. The normalized spacial score (nSPS) is 12.1. The van der Waals surface area contributed by atoms with Crippen molar-refractivity contribution < 1.29 is 13.2 Å². The van der Waals surface area contributed by atoms with Crippen LogP contribution in [0, 0.1) is 0 Å². The van der Waals surface area contributed by atoms with Gasteiger partial charge >= 0.3 is 6.18 Å². The molecule has 0 fully saturated rings. The fourth-order valence-electron chi connectivity index (χ4n) is 2.59. The SMILES string of the molecule is CN(C)CCCNc1nc(Cl)nc2cc(-c3ccc(C(F)(F)F)cc3)sc12. The van der Waals surface area contributed by atoms with Crippen LogP contribution in [0.2, 0.25) is 5.28 Å². The highest BCUT2D eigenvalue weighted by Gasteiger charge is 2.30. The lowest BCUT2D eigenvalue weighted by Gasteiger charge is -2.10. The summed E-state index contributed by atoms with van der Waals surface area (Å²) in [6.07, 6.45) is -3.41. The molecule has 4 nitrogen and oxygen atoms in total. The van der Waals surface area contributed by atoms with E-state index in [-0.39, 0.29) is 5.28 Å². The number of rotatable bonds is 6. The average molecular weight is 415 g/mol. The average Bonchev–Trinajstić information content (AvgIpc) is 3.01. The van der Waals surface area contributed by atoms with E-state index in [1.165, 1.54) is 23.5 Å². The van der Waals surface area contributed by atoms with Gasteiger partial charge in [-0.25, -0.2) is 4.98 Å². The highest BCUT2D eigenvalue weighted by Crippen LogP contribution is 2.38. The minimum Gasteiger partial charge on any atom is -0.369 e. The van der Waals surface area contributed by atoms with Gasteiger partial charge in [-0.15, -0.1) is 11.3 Å². The van der Waals surface area contributed by atoms with E-state index < -0.39 is 11.7 Å². The molecule has 27 heavy (non-hydrogen) atoms. The summed E-state index contributed by atoms with van der Waals surface area (Å²) in [5, 5.41) is 3.41. The molecule has 2 aromatic heterocycles. The molecular weight excluding hydrogens is 397 g/mol. The number of nitrogens with one attached hydrogen (secondary N) is 1. The van der Waals surface area contributed by atoms with Crippen molar-refractivity contribution in [2.45, 2.75) is 12.6 Å². The van der Waals surface area contributed by atoms with Gasteiger partial charge in [-0.3, -0.25) is 0 Å². The number of nitrogens with zero attached hydrogens (tertiary/aromatic N) is 3. The lowest BCUT2D eigenvalue weighted by Crippen LogP contribution is -2.16. The van der Waals surface area contributed by atoms with Gasteiger partial charge in [-0.2, -0.15) is 18.2 Å². The number of alkyl halides is 3. The van der Waals surface area contributed by atoms with Crippen molar-refractivity contribution in [2.24, 2.45) is 0 Å². The van der Waals surface area contributed by atoms with Crippen LogP contribution in [0.3, 0.4) is 0 Å². The third kappa shape index (κ3) is 4.88. The van der Waals surface area contributed by atoms with Crippen LogP contribution in [0.5, 0.6) is 0 Å². The highest BCUT2D eigenvalue weighted by atomic mass is 35.5. The van der Waals surface area contributed by atoms with Crippen LogP contribution in [0.15, 0.2) is 30.3 Å². The van der Waals surface area contributed by atoms with E-state index >= 15 is 0 Å². The van der Waals surface area contributed by atoms with Crippen LogP contribution in [0.4, 0.5) is 19.0 Å². The van der Waals surface area contributed by atoms with Crippen molar-refractivity contribution in [2.75, 3.05) is 32.5 Å². The van der Waals surface area contributed by atoms with Gasteiger partial charge in [0.15, 0.2) is 0 Å². The summed E-state index contributed by atoms with van der Waals surface area (Å²) < 4.78 is 39.1. The van der Waals surface area contributed by atoms with Gasteiger partial charge in [0.25, 0.3) is 0 Å². The quantitative estimate of drug-likeness (QED) is 0.433. The van der Waals surface area contributed by atoms with E-state index in [0.29, 0.717) is 16.9 Å². The molecular formula is C18H18ClF3N4S. The first-order valence-electron chi connectivity index (χ1n) is 8.27. The van der Waals surface area contributed by atoms with Crippen molar-refractivity contribution >= 4 is 39.0 Å². The summed E-state index contributed by atoms with van der Waals surface area (Å²) in [5.74, 6) is 0.645. The molecule has 9 heteroatoms. The number of halogens is 4. The lowest BCUT2D eigenvalue weighted by atomic mass is 10.1. The number of aromatic nitrogens is 2. The third-order valence-corrected chi connectivity index (χ3v) is 5.26. The van der Waals surface area contributed by atoms with E-state index in [0.717, 1.165) is 41.2 Å². The second kappa shape index (κ2) is 8.00. The van der Waals surface area contributed by atoms with Crippen LogP contribution in [0.1, 0.15) is 12.0 Å². The summed E-state index contributed by atoms with van der Waals surface area (Å²) in [7, 11) is 4.02. The molecule has 0 aliphatic heterocycles. The van der Waals surface area contributed by atoms with E-state index in [2.05, 4.69) is 20.2 Å². The zero-order valence-corrected chi connectivity index (χ0v) is 16.3. The molecule has 144 valence electrons. The number of thiophene rings is 1. The van der Waals surface area contributed by atoms with Crippen LogP contribution in [0.25, 0.3) is 20.7 Å². The Hall–Kier alpha value is -1.90. The largest absolute Gasteiger partial charge is 0.416 e. The Bertz CT molecular complexity index is 923. The van der Waals surface area contributed by atoms with Gasteiger partial charge in [0.1, 0.15) is 5.82 Å². The van der Waals surface area contributed by atoms with Gasteiger partial charge in [0, 0.05) is 11.4 Å². The van der Waals surface area contributed by atoms with Crippen molar-refractivity contribution in [3.8, 4) is 10.4 Å². The second-order valence-electron chi connectivity index (χ2n) is 6.32. The van der Waals surface area contributed by atoms with E-state index in [1.807, 2.05) is 20.2 Å². The van der Waals surface area contributed by atoms with Crippen LogP contribution < -0.4 is 5.32 Å². The van der Waals surface area contributed by atoms with E-state index in [9.17, 15) is 13.2 Å². The molecule has 0 saturated carbocycles. The fourth-order valence-corrected chi connectivity index (χ4v) is 3.83. The Morgan fingerprint density at radius 3 is 2.48 bits per heavy atom. The van der Waals surface area contributed by atoms with Gasteiger partial charge < -0.3 is 10.2 Å². The van der Waals surface area contributed by atoms with Gasteiger partial charge in [-0.1, -0.05) is 12.1 Å². The van der Waals surface area contributed by atoms with Crippen molar-refractivity contribution in [1.29, 1.82) is 0 Å². The molecule has 1 N–H and O–H groups in total. The van der Waals surface area contributed by atoms with Crippen molar-refractivity contribution in [3.63, 3.8) is 0 Å². The van der Waals surface area contributed by atoms with Crippen molar-refractivity contribution in [3.05, 3.63) is 41.2 Å². The molecule has 3 rings (SSSR count). The maximum absolute atomic E-state index is 12.7. The van der Waals surface area contributed by atoms with Crippen molar-refractivity contribution in [1.82, 2.24) is 14.9 Å². The minimum absolute atomic E-state index is 0.134. The molecule has 0 aliphatic carbocycles. The topological polar surface area (TPSA) is 41.0 Å². The summed E-state index contributed by atoms with van der Waals surface area (Å²) in [6.45, 7) is 1.67. The van der Waals surface area contributed by atoms with E-state index in [4.69, 9.17) is 11.6 Å². The molecule has 2 heterocycles. The number of hydrogen-bond donors (Lipinski definition) is 1. The Labute approximate surface area is 164 Å². The summed E-state index contributed by atoms with van der Waals surface area (Å²) in [6, 6.07) is 6.91. The standard InChI is InChI=1S/C18H18ClF3N4S/c1-26(2)9-3-8-23-16-15-13(24-17(19)25-16)10-14(27-15)11-4-6-12(7-5-11)18(20,21)22/h4-7,10H,3,8-9H2,1-2H3,(H,23,24,25). The number of fused-ring (bicyclic) bond motifs is 1. The maximum atomic E-state index is 12.7. The molecule has 0 bridgehead atoms. The number of benzene rings is 1. The summed E-state index contributed by atoms with van der Waals surface area (Å²) >= 11 is 7.45. The first kappa shape index (κ1) is 19.9. The fraction of sp³-hybridized carbons (Fsp3) is 0.333. The predicted octanol–water partition coefficient (Wildman–Crippen LogP) is 5.39. The maximum Gasteiger partial charge on any atom is 0.416 e. The summed E-state index contributed by atoms with van der Waals surface area (Å²) in [4.78, 5) is 11.4. The van der Waals surface area contributed by atoms with Gasteiger partial charge in [0.05, 0.1) is 15.8 Å².